The van der Waals surface area contributed by atoms with Gasteiger partial charge in [-0.3, -0.25) is 14.4 Å². The summed E-state index contributed by atoms with van der Waals surface area (Å²) in [6.07, 6.45) is 0.0283. The molecule has 0 saturated carbocycles. The molecular weight excluding hydrogens is 466 g/mol. The molecule has 0 aromatic heterocycles. The van der Waals surface area contributed by atoms with Gasteiger partial charge in [0.25, 0.3) is 0 Å². The van der Waals surface area contributed by atoms with E-state index < -0.39 is 21.7 Å². The van der Waals surface area contributed by atoms with Gasteiger partial charge in [0.05, 0.1) is 11.1 Å². The van der Waals surface area contributed by atoms with Gasteiger partial charge in [-0.1, -0.05) is 23.7 Å². The highest BCUT2D eigenvalue weighted by atomic mass is 35.5. The van der Waals surface area contributed by atoms with Crippen LogP contribution < -0.4 is 14.2 Å². The van der Waals surface area contributed by atoms with Crippen LogP contribution in [0.5, 0.6) is 11.5 Å². The summed E-state index contributed by atoms with van der Waals surface area (Å²) in [6, 6.07) is 13.9. The summed E-state index contributed by atoms with van der Waals surface area (Å²) in [7, 11) is -3.81. The molecule has 0 radical (unpaired) electrons. The molecule has 1 heterocycles. The zero-order chi connectivity index (χ0) is 23.8. The molecule has 1 N–H and O–H groups in total. The molecule has 1 aliphatic heterocycles. The Morgan fingerprint density at radius 1 is 1.06 bits per heavy atom. The van der Waals surface area contributed by atoms with Crippen molar-refractivity contribution in [3.8, 4) is 11.5 Å². The molecule has 2 aromatic rings. The molecule has 8 nitrogen and oxygen atoms in total. The van der Waals surface area contributed by atoms with Crippen molar-refractivity contribution in [2.45, 2.75) is 20.0 Å². The molecule has 1 amide bonds. The number of hydrogen-bond acceptors (Lipinski definition) is 6. The number of sulfonamides is 1. The van der Waals surface area contributed by atoms with E-state index in [2.05, 4.69) is 9.62 Å². The van der Waals surface area contributed by atoms with Gasteiger partial charge in [0, 0.05) is 38.4 Å². The number of nitrogens with one attached hydrogen (secondary N) is 1. The van der Waals surface area contributed by atoms with Crippen molar-refractivity contribution in [1.82, 2.24) is 9.80 Å². The van der Waals surface area contributed by atoms with Gasteiger partial charge in [0.2, 0.25) is 15.9 Å². The largest absolute Gasteiger partial charge is 0.491 e. The van der Waals surface area contributed by atoms with Gasteiger partial charge in [-0.2, -0.15) is 0 Å². The fraction of sp³-hybridized carbons (Fsp3) is 0.435. The van der Waals surface area contributed by atoms with Gasteiger partial charge in [-0.05, 0) is 50.2 Å². The standard InChI is InChI=1S/C23H30ClN3O5S/c1-18(2)32-20-9-7-19(8-10-20)25-33(29,30)17-23(28)27-13-11-26(12-14-27)15-16-31-22-6-4-3-5-21(22)24/h3-10,18,25H,11-17H2,1-2H3. The second-order valence-corrected chi connectivity index (χ2v) is 10.2. The Morgan fingerprint density at radius 3 is 2.36 bits per heavy atom. The summed E-state index contributed by atoms with van der Waals surface area (Å²) >= 11 is 6.09. The lowest BCUT2D eigenvalue weighted by Crippen LogP contribution is -2.51. The van der Waals surface area contributed by atoms with E-state index in [1.165, 1.54) is 0 Å². The number of amides is 1. The Bertz CT molecular complexity index is 1020. The normalized spacial score (nSPS) is 14.8. The molecule has 0 spiro atoms. The molecule has 3 rings (SSSR count). The molecule has 1 fully saturated rings. The number of piperazine rings is 1. The average Bonchev–Trinajstić information content (AvgIpc) is 2.76. The minimum Gasteiger partial charge on any atom is -0.491 e. The fourth-order valence-corrected chi connectivity index (χ4v) is 4.68. The molecule has 33 heavy (non-hydrogen) atoms. The first-order valence-electron chi connectivity index (χ1n) is 10.9. The van der Waals surface area contributed by atoms with E-state index in [0.29, 0.717) is 61.5 Å². The van der Waals surface area contributed by atoms with Crippen LogP contribution in [0.25, 0.3) is 0 Å². The lowest BCUT2D eigenvalue weighted by atomic mass is 10.3. The molecule has 0 bridgehead atoms. The zero-order valence-electron chi connectivity index (χ0n) is 18.9. The Balaban J connectivity index is 1.41. The number of ether oxygens (including phenoxy) is 2. The smallest absolute Gasteiger partial charge is 0.241 e. The molecule has 1 saturated heterocycles. The van der Waals surface area contributed by atoms with Crippen molar-refractivity contribution in [2.24, 2.45) is 0 Å². The highest BCUT2D eigenvalue weighted by Crippen LogP contribution is 2.23. The van der Waals surface area contributed by atoms with E-state index in [0.717, 1.165) is 0 Å². The van der Waals surface area contributed by atoms with Crippen molar-refractivity contribution in [3.05, 3.63) is 53.6 Å². The third-order valence-corrected chi connectivity index (χ3v) is 6.53. The predicted octanol–water partition coefficient (Wildman–Crippen LogP) is 3.09. The summed E-state index contributed by atoms with van der Waals surface area (Å²) < 4.78 is 38.6. The number of nitrogens with zero attached hydrogens (tertiary/aromatic N) is 2. The maximum Gasteiger partial charge on any atom is 0.241 e. The van der Waals surface area contributed by atoms with Crippen LogP contribution in [0, 0.1) is 0 Å². The van der Waals surface area contributed by atoms with E-state index in [9.17, 15) is 13.2 Å². The molecule has 2 aromatic carbocycles. The molecule has 0 unspecified atom stereocenters. The molecule has 0 aliphatic carbocycles. The van der Waals surface area contributed by atoms with Crippen LogP contribution in [-0.2, 0) is 14.8 Å². The van der Waals surface area contributed by atoms with Gasteiger partial charge in [0.1, 0.15) is 23.9 Å². The third kappa shape index (κ3) is 8.10. The monoisotopic (exact) mass is 495 g/mol. The van der Waals surface area contributed by atoms with Crippen LogP contribution in [0.2, 0.25) is 5.02 Å². The Kier molecular flexibility index (Phi) is 8.82. The van der Waals surface area contributed by atoms with Crippen molar-refractivity contribution >= 4 is 33.2 Å². The zero-order valence-corrected chi connectivity index (χ0v) is 20.4. The number of halogens is 1. The predicted molar refractivity (Wildman–Crippen MR) is 130 cm³/mol. The Hall–Kier alpha value is -2.49. The second kappa shape index (κ2) is 11.6. The summed E-state index contributed by atoms with van der Waals surface area (Å²) in [5.41, 5.74) is 0.391. The molecule has 0 atom stereocenters. The first kappa shape index (κ1) is 25.1. The van der Waals surface area contributed by atoms with Crippen LogP contribution in [0.4, 0.5) is 5.69 Å². The molecule has 1 aliphatic rings. The number of para-hydroxylation sites is 1. The number of rotatable bonds is 10. The van der Waals surface area contributed by atoms with Gasteiger partial charge >= 0.3 is 0 Å². The number of benzene rings is 2. The lowest BCUT2D eigenvalue weighted by Gasteiger charge is -2.34. The second-order valence-electron chi connectivity index (χ2n) is 8.05. The van der Waals surface area contributed by atoms with Crippen molar-refractivity contribution in [1.29, 1.82) is 0 Å². The van der Waals surface area contributed by atoms with Gasteiger partial charge in [-0.15, -0.1) is 0 Å². The van der Waals surface area contributed by atoms with E-state index in [4.69, 9.17) is 21.1 Å². The molecule has 10 heteroatoms. The minimum absolute atomic E-state index is 0.0283. The quantitative estimate of drug-likeness (QED) is 0.545. The van der Waals surface area contributed by atoms with Crippen LogP contribution in [0.1, 0.15) is 13.8 Å². The summed E-state index contributed by atoms with van der Waals surface area (Å²) in [5.74, 6) is 0.300. The summed E-state index contributed by atoms with van der Waals surface area (Å²) in [5, 5.41) is 0.572. The van der Waals surface area contributed by atoms with Crippen LogP contribution in [-0.4, -0.2) is 75.3 Å². The minimum atomic E-state index is -3.81. The van der Waals surface area contributed by atoms with E-state index in [1.54, 1.807) is 35.2 Å². The fourth-order valence-electron chi connectivity index (χ4n) is 3.41. The number of anilines is 1. The number of carbonyl (C=O) groups is 1. The molecular formula is C23H30ClN3O5S. The summed E-state index contributed by atoms with van der Waals surface area (Å²) in [6.45, 7) is 7.27. The van der Waals surface area contributed by atoms with E-state index in [1.807, 2.05) is 32.0 Å². The first-order valence-corrected chi connectivity index (χ1v) is 12.9. The maximum absolute atomic E-state index is 12.6. The van der Waals surface area contributed by atoms with Crippen molar-refractivity contribution < 1.29 is 22.7 Å². The lowest BCUT2D eigenvalue weighted by molar-refractivity contribution is -0.130. The number of carbonyl (C=O) groups excluding carboxylic acids is 1. The highest BCUT2D eigenvalue weighted by Gasteiger charge is 2.25. The number of hydrogen-bond donors (Lipinski definition) is 1. The molecule has 180 valence electrons. The third-order valence-electron chi connectivity index (χ3n) is 5.04. The average molecular weight is 496 g/mol. The first-order chi connectivity index (χ1) is 15.7. The van der Waals surface area contributed by atoms with Crippen LogP contribution >= 0.6 is 11.6 Å². The van der Waals surface area contributed by atoms with Crippen LogP contribution in [0.3, 0.4) is 0 Å². The van der Waals surface area contributed by atoms with Crippen molar-refractivity contribution in [2.75, 3.05) is 49.8 Å². The Morgan fingerprint density at radius 2 is 1.73 bits per heavy atom. The summed E-state index contributed by atoms with van der Waals surface area (Å²) in [4.78, 5) is 16.3. The van der Waals surface area contributed by atoms with E-state index >= 15 is 0 Å². The van der Waals surface area contributed by atoms with Gasteiger partial charge < -0.3 is 14.4 Å². The van der Waals surface area contributed by atoms with Gasteiger partial charge in [0.15, 0.2) is 0 Å². The van der Waals surface area contributed by atoms with Crippen LogP contribution in [0.15, 0.2) is 48.5 Å². The maximum atomic E-state index is 12.6. The van der Waals surface area contributed by atoms with E-state index in [-0.39, 0.29) is 6.10 Å². The topological polar surface area (TPSA) is 88.2 Å². The SMILES string of the molecule is CC(C)Oc1ccc(NS(=O)(=O)CC(=O)N2CCN(CCOc3ccccc3Cl)CC2)cc1. The Labute approximate surface area is 200 Å². The van der Waals surface area contributed by atoms with Gasteiger partial charge in [-0.25, -0.2) is 8.42 Å². The highest BCUT2D eigenvalue weighted by molar-refractivity contribution is 7.93. The van der Waals surface area contributed by atoms with Crippen molar-refractivity contribution in [3.63, 3.8) is 0 Å².